The van der Waals surface area contributed by atoms with Gasteiger partial charge in [-0.2, -0.15) is 4.99 Å². The van der Waals surface area contributed by atoms with Crippen LogP contribution in [-0.4, -0.2) is 49.6 Å². The van der Waals surface area contributed by atoms with Crippen LogP contribution in [0.25, 0.3) is 23.2 Å². The fourth-order valence-electron chi connectivity index (χ4n) is 4.77. The van der Waals surface area contributed by atoms with E-state index in [2.05, 4.69) is 61.0 Å². The summed E-state index contributed by atoms with van der Waals surface area (Å²) in [4.78, 5) is 23.5. The van der Waals surface area contributed by atoms with Crippen molar-refractivity contribution in [2.24, 2.45) is 4.99 Å². The molecule has 1 aliphatic rings. The largest absolute Gasteiger partial charge is 0.573 e. The molecule has 1 fully saturated rings. The zero-order valence-electron chi connectivity index (χ0n) is 25.6. The lowest BCUT2D eigenvalue weighted by Crippen LogP contribution is -2.32. The van der Waals surface area contributed by atoms with E-state index < -0.39 is 6.36 Å². The summed E-state index contributed by atoms with van der Waals surface area (Å²) in [5.74, 6) is 0.675. The van der Waals surface area contributed by atoms with Crippen molar-refractivity contribution in [2.75, 3.05) is 17.2 Å². The van der Waals surface area contributed by atoms with Crippen LogP contribution in [0.15, 0.2) is 82.5 Å². The Morgan fingerprint density at radius 2 is 1.94 bits per heavy atom. The van der Waals surface area contributed by atoms with Crippen molar-refractivity contribution in [1.82, 2.24) is 20.1 Å². The molecule has 0 radical (unpaired) electrons. The first-order valence-electron chi connectivity index (χ1n) is 14.5. The molecule has 3 aromatic carbocycles. The van der Waals surface area contributed by atoms with Crippen molar-refractivity contribution in [3.8, 4) is 22.8 Å². The molecule has 0 atom stereocenters. The van der Waals surface area contributed by atoms with Crippen molar-refractivity contribution in [1.29, 1.82) is 0 Å². The first-order valence-corrected chi connectivity index (χ1v) is 16.7. The fourth-order valence-corrected chi connectivity index (χ4v) is 6.35. The van der Waals surface area contributed by atoms with E-state index in [4.69, 9.17) is 12.2 Å². The molecule has 1 aliphatic heterocycles. The smallest absolute Gasteiger partial charge is 0.406 e. The molecule has 1 aromatic heterocycles. The van der Waals surface area contributed by atoms with Crippen LogP contribution >= 0.6 is 39.9 Å². The molecule has 1 saturated heterocycles. The Hall–Kier alpha value is -4.01. The van der Waals surface area contributed by atoms with Gasteiger partial charge < -0.3 is 10.1 Å². The van der Waals surface area contributed by atoms with Gasteiger partial charge in [-0.25, -0.2) is 9.67 Å². The number of amidine groups is 1. The summed E-state index contributed by atoms with van der Waals surface area (Å²) in [5, 5.41) is 8.52. The molecular formula is C33H30BrF3N6O2S2. The predicted octanol–water partition coefficient (Wildman–Crippen LogP) is 8.40. The molecule has 1 N–H and O–H groups in total. The zero-order valence-corrected chi connectivity index (χ0v) is 28.8. The first-order chi connectivity index (χ1) is 22.4. The van der Waals surface area contributed by atoms with Crippen LogP contribution in [0.5, 0.6) is 5.75 Å². The highest BCUT2D eigenvalue weighted by atomic mass is 79.9. The molecule has 47 heavy (non-hydrogen) atoms. The SMILES string of the molecule is Cc1ccc(C(C)C)c(N2C(=O)CS/C2=N\C(=S)NCC/C(Br)=C\c2cccc(-c3ncn(-c4ccc(OC(F)(F)F)cc4)n3)c2)c1. The van der Waals surface area contributed by atoms with Crippen molar-refractivity contribution < 1.29 is 22.7 Å². The van der Waals surface area contributed by atoms with Gasteiger partial charge in [0.25, 0.3) is 0 Å². The molecule has 4 aromatic rings. The van der Waals surface area contributed by atoms with Crippen molar-refractivity contribution in [2.45, 2.75) is 39.5 Å². The Morgan fingerprint density at radius 3 is 2.66 bits per heavy atom. The molecule has 0 aliphatic carbocycles. The number of carbonyl (C=O) groups is 1. The third-order valence-corrected chi connectivity index (χ3v) is 8.73. The summed E-state index contributed by atoms with van der Waals surface area (Å²) >= 11 is 10.5. The maximum atomic E-state index is 12.9. The van der Waals surface area contributed by atoms with Gasteiger partial charge >= 0.3 is 6.36 Å². The summed E-state index contributed by atoms with van der Waals surface area (Å²) in [6.45, 7) is 6.72. The minimum absolute atomic E-state index is 0.0208. The number of ether oxygens (including phenoxy) is 1. The van der Waals surface area contributed by atoms with E-state index >= 15 is 0 Å². The van der Waals surface area contributed by atoms with Gasteiger partial charge in [0.15, 0.2) is 16.1 Å². The number of hydrogen-bond acceptors (Lipinski definition) is 6. The topological polar surface area (TPSA) is 84.6 Å². The maximum Gasteiger partial charge on any atom is 0.573 e. The Kier molecular flexibility index (Phi) is 10.8. The second-order valence-corrected chi connectivity index (χ2v) is 13.2. The molecule has 1 amide bonds. The zero-order chi connectivity index (χ0) is 33.7. The number of alkyl halides is 3. The summed E-state index contributed by atoms with van der Waals surface area (Å²) in [6, 6.07) is 19.2. The normalized spacial score (nSPS) is 14.7. The van der Waals surface area contributed by atoms with Gasteiger partial charge in [0.1, 0.15) is 12.1 Å². The second kappa shape index (κ2) is 14.8. The highest BCUT2D eigenvalue weighted by Crippen LogP contribution is 2.34. The van der Waals surface area contributed by atoms with Crippen LogP contribution in [0.1, 0.15) is 42.9 Å². The third-order valence-electron chi connectivity index (χ3n) is 6.95. The molecule has 14 heteroatoms. The average Bonchev–Trinajstić information content (AvgIpc) is 3.64. The van der Waals surface area contributed by atoms with Gasteiger partial charge in [-0.1, -0.05) is 71.9 Å². The summed E-state index contributed by atoms with van der Waals surface area (Å²) in [7, 11) is 0. The van der Waals surface area contributed by atoms with Crippen LogP contribution in [0, 0.1) is 6.92 Å². The number of thiocarbonyl (C=S) groups is 1. The summed E-state index contributed by atoms with van der Waals surface area (Å²) in [6.07, 6.45) is -0.654. The van der Waals surface area contributed by atoms with E-state index in [1.807, 2.05) is 49.4 Å². The Labute approximate surface area is 288 Å². The van der Waals surface area contributed by atoms with Crippen molar-refractivity contribution in [3.63, 3.8) is 0 Å². The average molecular weight is 744 g/mol. The number of nitrogens with zero attached hydrogens (tertiary/aromatic N) is 5. The molecule has 0 unspecified atom stereocenters. The quantitative estimate of drug-likeness (QED) is 0.173. The van der Waals surface area contributed by atoms with Crippen LogP contribution < -0.4 is 15.0 Å². The first kappa shape index (κ1) is 34.3. The van der Waals surface area contributed by atoms with Gasteiger partial charge in [0.05, 0.1) is 17.1 Å². The number of rotatable bonds is 9. The number of aryl methyl sites for hydroxylation is 1. The number of nitrogens with one attached hydrogen (secondary N) is 1. The number of benzene rings is 3. The van der Waals surface area contributed by atoms with E-state index in [1.54, 1.807) is 4.90 Å². The highest BCUT2D eigenvalue weighted by Gasteiger charge is 2.32. The molecule has 8 nitrogen and oxygen atoms in total. The van der Waals surface area contributed by atoms with Gasteiger partial charge in [-0.3, -0.25) is 9.69 Å². The third kappa shape index (κ3) is 9.08. The van der Waals surface area contributed by atoms with Gasteiger partial charge in [-0.15, -0.1) is 18.3 Å². The molecule has 244 valence electrons. The molecule has 0 saturated carbocycles. The lowest BCUT2D eigenvalue weighted by atomic mass is 9.99. The van der Waals surface area contributed by atoms with Crippen LogP contribution in [0.4, 0.5) is 18.9 Å². The fraction of sp³-hybridized carbons (Fsp3) is 0.242. The number of aliphatic imine (C=N–C) groups is 1. The van der Waals surface area contributed by atoms with E-state index in [0.717, 1.165) is 32.4 Å². The van der Waals surface area contributed by atoms with E-state index in [0.29, 0.717) is 40.5 Å². The molecule has 0 bridgehead atoms. The van der Waals surface area contributed by atoms with Crippen molar-refractivity contribution >= 4 is 67.9 Å². The number of aromatic nitrogens is 3. The van der Waals surface area contributed by atoms with Crippen molar-refractivity contribution in [3.05, 3.63) is 94.2 Å². The Bertz CT molecular complexity index is 1840. The number of carbonyl (C=O) groups excluding carboxylic acids is 1. The lowest BCUT2D eigenvalue weighted by molar-refractivity contribution is -0.274. The minimum atomic E-state index is -4.76. The van der Waals surface area contributed by atoms with Crippen LogP contribution in [0.2, 0.25) is 0 Å². The predicted molar refractivity (Wildman–Crippen MR) is 188 cm³/mol. The number of amides is 1. The number of thioether (sulfide) groups is 1. The highest BCUT2D eigenvalue weighted by molar-refractivity contribution is 9.11. The second-order valence-electron chi connectivity index (χ2n) is 10.9. The molecule has 2 heterocycles. The van der Waals surface area contributed by atoms with E-state index in [1.165, 1.54) is 47.0 Å². The standard InChI is InChI=1S/C33H30BrF3N6O2S2/c1-20(2)27-12-7-21(3)15-28(27)43-29(44)18-47-32(43)40-31(46)38-14-13-24(34)17-22-5-4-6-23(16-22)30-39-19-42(41-30)25-8-10-26(11-9-25)45-33(35,36)37/h4-12,15-17,19-20H,13-14,18H2,1-3H3,(H,38,46)/b24-17+,40-32-. The summed E-state index contributed by atoms with van der Waals surface area (Å²) in [5.41, 5.74) is 5.21. The Morgan fingerprint density at radius 1 is 1.17 bits per heavy atom. The van der Waals surface area contributed by atoms with Gasteiger partial charge in [0, 0.05) is 12.1 Å². The van der Waals surface area contributed by atoms with E-state index in [9.17, 15) is 18.0 Å². The maximum absolute atomic E-state index is 12.9. The Balaban J connectivity index is 1.19. The minimum Gasteiger partial charge on any atom is -0.406 e. The van der Waals surface area contributed by atoms with Gasteiger partial charge in [-0.05, 0) is 95.1 Å². The lowest BCUT2D eigenvalue weighted by Gasteiger charge is -2.22. The number of halogens is 4. The summed E-state index contributed by atoms with van der Waals surface area (Å²) < 4.78 is 43.7. The monoisotopic (exact) mass is 742 g/mol. The number of anilines is 1. The van der Waals surface area contributed by atoms with Crippen LogP contribution in [-0.2, 0) is 4.79 Å². The molecule has 5 rings (SSSR count). The van der Waals surface area contributed by atoms with E-state index in [-0.39, 0.29) is 17.6 Å². The molecular weight excluding hydrogens is 713 g/mol. The number of hydrogen-bond donors (Lipinski definition) is 1. The van der Waals surface area contributed by atoms with Crippen LogP contribution in [0.3, 0.4) is 0 Å². The van der Waals surface area contributed by atoms with Gasteiger partial charge in [0.2, 0.25) is 5.91 Å². The molecule has 0 spiro atoms.